The van der Waals surface area contributed by atoms with E-state index in [4.69, 9.17) is 5.14 Å². The second-order valence-electron chi connectivity index (χ2n) is 5.61. The first kappa shape index (κ1) is 15.2. The van der Waals surface area contributed by atoms with Crippen molar-refractivity contribution in [2.45, 2.75) is 43.8 Å². The molecular formula is C11H22N2O4S2. The van der Waals surface area contributed by atoms with Crippen molar-refractivity contribution in [1.29, 1.82) is 0 Å². The lowest BCUT2D eigenvalue weighted by Crippen LogP contribution is -2.47. The van der Waals surface area contributed by atoms with E-state index in [9.17, 15) is 16.8 Å². The lowest BCUT2D eigenvalue weighted by atomic mass is 9.84. The average molecular weight is 310 g/mol. The van der Waals surface area contributed by atoms with E-state index >= 15 is 0 Å². The summed E-state index contributed by atoms with van der Waals surface area (Å²) >= 11 is 0. The first-order valence-electron chi connectivity index (χ1n) is 6.78. The Kier molecular flexibility index (Phi) is 4.54. The first-order chi connectivity index (χ1) is 8.79. The molecule has 0 aromatic heterocycles. The minimum Gasteiger partial charge on any atom is -0.228 e. The Morgan fingerprint density at radius 2 is 1.74 bits per heavy atom. The molecule has 1 aliphatic carbocycles. The van der Waals surface area contributed by atoms with Crippen LogP contribution in [0.4, 0.5) is 0 Å². The quantitative estimate of drug-likeness (QED) is 0.787. The first-order valence-corrected chi connectivity index (χ1v) is 10.0. The number of sulfonamides is 2. The molecule has 1 unspecified atom stereocenters. The number of rotatable bonds is 5. The van der Waals surface area contributed by atoms with Gasteiger partial charge in [-0.2, -0.15) is 0 Å². The van der Waals surface area contributed by atoms with Gasteiger partial charge in [-0.1, -0.05) is 19.3 Å². The number of nitrogens with two attached hydrogens (primary N) is 1. The zero-order valence-corrected chi connectivity index (χ0v) is 12.6. The molecule has 2 N–H and O–H groups in total. The van der Waals surface area contributed by atoms with Crippen molar-refractivity contribution >= 4 is 20.0 Å². The molecule has 2 fully saturated rings. The number of hydrogen-bond acceptors (Lipinski definition) is 4. The molecule has 6 nitrogen and oxygen atoms in total. The normalized spacial score (nSPS) is 27.1. The summed E-state index contributed by atoms with van der Waals surface area (Å²) in [7, 11) is -6.98. The van der Waals surface area contributed by atoms with Crippen molar-refractivity contribution in [1.82, 2.24) is 4.31 Å². The summed E-state index contributed by atoms with van der Waals surface area (Å²) in [5, 5.41) is 4.37. The van der Waals surface area contributed by atoms with E-state index in [1.54, 1.807) is 0 Å². The zero-order valence-electron chi connectivity index (χ0n) is 11.0. The molecule has 0 aromatic rings. The maximum Gasteiger partial charge on any atom is 0.214 e. The SMILES string of the molecule is NS(=O)(=O)C1CCCN(S(=O)(=O)CCC2CCC2)C1. The van der Waals surface area contributed by atoms with Crippen LogP contribution in [0, 0.1) is 5.92 Å². The standard InChI is InChI=1S/C11H22N2O4S2/c12-19(16,17)11-5-2-7-13(9-11)18(14,15)8-6-10-3-1-4-10/h10-11H,1-9H2,(H2,12,16,17). The highest BCUT2D eigenvalue weighted by molar-refractivity contribution is 7.90. The molecule has 19 heavy (non-hydrogen) atoms. The van der Waals surface area contributed by atoms with Crippen molar-refractivity contribution in [2.24, 2.45) is 11.1 Å². The van der Waals surface area contributed by atoms with E-state index in [0.29, 0.717) is 31.7 Å². The van der Waals surface area contributed by atoms with Crippen molar-refractivity contribution in [3.8, 4) is 0 Å². The molecule has 0 radical (unpaired) electrons. The summed E-state index contributed by atoms with van der Waals surface area (Å²) in [6.07, 6.45) is 5.14. The molecule has 1 saturated carbocycles. The van der Waals surface area contributed by atoms with Crippen LogP contribution in [0.2, 0.25) is 0 Å². The Hall–Kier alpha value is -0.180. The van der Waals surface area contributed by atoms with Gasteiger partial charge < -0.3 is 0 Å². The predicted octanol–water partition coefficient (Wildman–Crippen LogP) is 0.259. The van der Waals surface area contributed by atoms with Crippen LogP contribution in [0.1, 0.15) is 38.5 Å². The van der Waals surface area contributed by atoms with E-state index in [2.05, 4.69) is 0 Å². The number of piperidine rings is 1. The summed E-state index contributed by atoms with van der Waals surface area (Å²) in [5.74, 6) is 0.670. The summed E-state index contributed by atoms with van der Waals surface area (Å²) in [6.45, 7) is 0.435. The second kappa shape index (κ2) is 5.67. The summed E-state index contributed by atoms with van der Waals surface area (Å²) in [5.41, 5.74) is 0. The van der Waals surface area contributed by atoms with E-state index in [0.717, 1.165) is 12.8 Å². The van der Waals surface area contributed by atoms with E-state index in [1.165, 1.54) is 10.7 Å². The zero-order chi connectivity index (χ0) is 14.1. The Balaban J connectivity index is 1.95. The molecule has 1 atom stereocenters. The maximum absolute atomic E-state index is 12.2. The second-order valence-corrected chi connectivity index (χ2v) is 9.55. The fourth-order valence-corrected chi connectivity index (χ4v) is 5.33. The molecule has 2 rings (SSSR count). The van der Waals surface area contributed by atoms with E-state index in [1.807, 2.05) is 0 Å². The van der Waals surface area contributed by atoms with Gasteiger partial charge in [-0.15, -0.1) is 0 Å². The van der Waals surface area contributed by atoms with Crippen molar-refractivity contribution in [3.63, 3.8) is 0 Å². The smallest absolute Gasteiger partial charge is 0.214 e. The fraction of sp³-hybridized carbons (Fsp3) is 1.00. The monoisotopic (exact) mass is 310 g/mol. The van der Waals surface area contributed by atoms with Gasteiger partial charge in [0.25, 0.3) is 0 Å². The van der Waals surface area contributed by atoms with Crippen molar-refractivity contribution in [3.05, 3.63) is 0 Å². The average Bonchev–Trinajstić information content (AvgIpc) is 2.26. The van der Waals surface area contributed by atoms with Crippen LogP contribution in [0.5, 0.6) is 0 Å². The van der Waals surface area contributed by atoms with Gasteiger partial charge in [0.1, 0.15) is 0 Å². The Labute approximate surface area is 115 Å². The lowest BCUT2D eigenvalue weighted by Gasteiger charge is -2.32. The molecular weight excluding hydrogens is 288 g/mol. The van der Waals surface area contributed by atoms with Crippen molar-refractivity contribution in [2.75, 3.05) is 18.8 Å². The summed E-state index contributed by atoms with van der Waals surface area (Å²) in [6, 6.07) is 0. The highest BCUT2D eigenvalue weighted by Crippen LogP contribution is 2.30. The van der Waals surface area contributed by atoms with Crippen LogP contribution in [-0.4, -0.2) is 45.2 Å². The van der Waals surface area contributed by atoms with E-state index in [-0.39, 0.29) is 12.3 Å². The van der Waals surface area contributed by atoms with Crippen LogP contribution in [0.25, 0.3) is 0 Å². The van der Waals surface area contributed by atoms with Gasteiger partial charge in [0.15, 0.2) is 0 Å². The largest absolute Gasteiger partial charge is 0.228 e. The summed E-state index contributed by atoms with van der Waals surface area (Å²) in [4.78, 5) is 0. The lowest BCUT2D eigenvalue weighted by molar-refractivity contribution is 0.301. The molecule has 0 bridgehead atoms. The fourth-order valence-electron chi connectivity index (χ4n) is 2.65. The van der Waals surface area contributed by atoms with Crippen LogP contribution in [0.15, 0.2) is 0 Å². The van der Waals surface area contributed by atoms with E-state index < -0.39 is 25.3 Å². The molecule has 1 aliphatic heterocycles. The molecule has 0 spiro atoms. The third-order valence-electron chi connectivity index (χ3n) is 4.21. The minimum atomic E-state index is -3.65. The number of nitrogens with zero attached hydrogens (tertiary/aromatic N) is 1. The third kappa shape index (κ3) is 3.90. The van der Waals surface area contributed by atoms with Gasteiger partial charge in [-0.05, 0) is 25.2 Å². The van der Waals surface area contributed by atoms with Crippen molar-refractivity contribution < 1.29 is 16.8 Å². The molecule has 112 valence electrons. The maximum atomic E-state index is 12.2. The molecule has 8 heteroatoms. The molecule has 0 amide bonds. The highest BCUT2D eigenvalue weighted by Gasteiger charge is 2.34. The molecule has 1 heterocycles. The Bertz CT molecular complexity index is 511. The summed E-state index contributed by atoms with van der Waals surface area (Å²) < 4.78 is 48.4. The molecule has 0 aromatic carbocycles. The number of hydrogen-bond donors (Lipinski definition) is 1. The minimum absolute atomic E-state index is 0.0197. The van der Waals surface area contributed by atoms with Gasteiger partial charge in [0.05, 0.1) is 11.0 Å². The number of primary sulfonamides is 1. The molecule has 1 saturated heterocycles. The Morgan fingerprint density at radius 3 is 2.26 bits per heavy atom. The predicted molar refractivity (Wildman–Crippen MR) is 73.4 cm³/mol. The van der Waals surface area contributed by atoms with Gasteiger partial charge in [-0.25, -0.2) is 26.3 Å². The van der Waals surface area contributed by atoms with Crippen LogP contribution < -0.4 is 5.14 Å². The van der Waals surface area contributed by atoms with Crippen LogP contribution >= 0.6 is 0 Å². The third-order valence-corrected chi connectivity index (χ3v) is 7.39. The van der Waals surface area contributed by atoms with Gasteiger partial charge in [0, 0.05) is 13.1 Å². The highest BCUT2D eigenvalue weighted by atomic mass is 32.2. The van der Waals surface area contributed by atoms with Crippen LogP contribution in [-0.2, 0) is 20.0 Å². The van der Waals surface area contributed by atoms with Gasteiger partial charge >= 0.3 is 0 Å². The topological polar surface area (TPSA) is 97.5 Å². The van der Waals surface area contributed by atoms with Gasteiger partial charge in [-0.3, -0.25) is 0 Å². The van der Waals surface area contributed by atoms with Crippen LogP contribution in [0.3, 0.4) is 0 Å². The molecule has 2 aliphatic rings. The Morgan fingerprint density at radius 1 is 1.05 bits per heavy atom. The van der Waals surface area contributed by atoms with Gasteiger partial charge in [0.2, 0.25) is 20.0 Å².